The number of aliphatic hydroxyl groups excluding tert-OH is 1. The fraction of sp³-hybridized carbons (Fsp3) is 0.308. The predicted molar refractivity (Wildman–Crippen MR) is 123 cm³/mol. The van der Waals surface area contributed by atoms with E-state index in [9.17, 15) is 23.5 Å². The number of carbonyl (C=O) groups is 2. The molecule has 2 amide bonds. The van der Waals surface area contributed by atoms with Gasteiger partial charge in [0.2, 0.25) is 5.91 Å². The summed E-state index contributed by atoms with van der Waals surface area (Å²) in [7, 11) is 0. The third-order valence-electron chi connectivity index (χ3n) is 6.55. The first kappa shape index (κ1) is 23.0. The number of halogens is 2. The lowest BCUT2D eigenvalue weighted by Gasteiger charge is -2.23. The number of nitrogens with one attached hydrogen (secondary N) is 1. The van der Waals surface area contributed by atoms with Crippen LogP contribution < -0.4 is 5.32 Å². The van der Waals surface area contributed by atoms with Gasteiger partial charge in [-0.3, -0.25) is 9.59 Å². The van der Waals surface area contributed by atoms with Gasteiger partial charge in [0.1, 0.15) is 11.6 Å². The molecule has 0 spiro atoms. The van der Waals surface area contributed by atoms with Crippen molar-refractivity contribution < 1.29 is 23.5 Å². The number of carbonyl (C=O) groups excluding carboxylic acids is 2. The number of benzene rings is 2. The number of amides is 2. The lowest BCUT2D eigenvalue weighted by atomic mass is 10.0. The molecule has 7 nitrogen and oxygen atoms in total. The molecule has 5 rings (SSSR count). The monoisotopic (exact) mass is 478 g/mol. The maximum Gasteiger partial charge on any atom is 0.255 e. The minimum absolute atomic E-state index is 0.0175. The summed E-state index contributed by atoms with van der Waals surface area (Å²) in [5.41, 5.74) is 2.46. The fourth-order valence-corrected chi connectivity index (χ4v) is 4.75. The molecule has 2 aliphatic heterocycles. The lowest BCUT2D eigenvalue weighted by molar-refractivity contribution is -0.132. The van der Waals surface area contributed by atoms with Crippen LogP contribution >= 0.6 is 0 Å². The van der Waals surface area contributed by atoms with E-state index in [1.807, 2.05) is 24.3 Å². The molecule has 1 aromatic heterocycles. The number of fused-ring (bicyclic) bond motifs is 1. The summed E-state index contributed by atoms with van der Waals surface area (Å²) in [6.45, 7) is 0.799. The van der Waals surface area contributed by atoms with Gasteiger partial charge < -0.3 is 15.3 Å². The first-order chi connectivity index (χ1) is 16.9. The van der Waals surface area contributed by atoms with Crippen LogP contribution in [0.5, 0.6) is 0 Å². The van der Waals surface area contributed by atoms with Crippen molar-refractivity contribution in [1.82, 2.24) is 20.2 Å². The maximum absolute atomic E-state index is 14.4. The van der Waals surface area contributed by atoms with E-state index < -0.39 is 11.6 Å². The fourth-order valence-electron chi connectivity index (χ4n) is 4.75. The van der Waals surface area contributed by atoms with E-state index in [0.717, 1.165) is 36.1 Å². The SMILES string of the molecule is O=C1NCc2nc(-c3c(F)cccc3F)nc(Cc3ccc(CC(=O)N4CCC[C@@H]4CO)cc3)c21. The van der Waals surface area contributed by atoms with Crippen LogP contribution in [0.1, 0.15) is 45.7 Å². The van der Waals surface area contributed by atoms with Gasteiger partial charge in [0.25, 0.3) is 5.91 Å². The van der Waals surface area contributed by atoms with E-state index in [1.54, 1.807) is 4.90 Å². The molecule has 35 heavy (non-hydrogen) atoms. The lowest BCUT2D eigenvalue weighted by Crippen LogP contribution is -2.38. The van der Waals surface area contributed by atoms with Crippen molar-refractivity contribution in [2.75, 3.05) is 13.2 Å². The summed E-state index contributed by atoms with van der Waals surface area (Å²) in [4.78, 5) is 35.4. The largest absolute Gasteiger partial charge is 0.394 e. The molecule has 2 aromatic carbocycles. The Morgan fingerprint density at radius 1 is 1.06 bits per heavy atom. The molecule has 0 bridgehead atoms. The van der Waals surface area contributed by atoms with Gasteiger partial charge in [-0.2, -0.15) is 0 Å². The second-order valence-corrected chi connectivity index (χ2v) is 8.83. The summed E-state index contributed by atoms with van der Waals surface area (Å²) in [5.74, 6) is -1.98. The van der Waals surface area contributed by atoms with Gasteiger partial charge in [-0.1, -0.05) is 30.3 Å². The molecule has 2 N–H and O–H groups in total. The molecule has 0 unspecified atom stereocenters. The van der Waals surface area contributed by atoms with Gasteiger partial charge in [-0.05, 0) is 36.1 Å². The molecular weight excluding hydrogens is 454 g/mol. The highest BCUT2D eigenvalue weighted by atomic mass is 19.1. The number of hydrogen-bond acceptors (Lipinski definition) is 5. The molecule has 180 valence electrons. The third-order valence-corrected chi connectivity index (χ3v) is 6.55. The Kier molecular flexibility index (Phi) is 6.25. The number of likely N-dealkylation sites (tertiary alicyclic amines) is 1. The van der Waals surface area contributed by atoms with Crippen molar-refractivity contribution in [1.29, 1.82) is 0 Å². The van der Waals surface area contributed by atoms with Crippen LogP contribution in [-0.2, 0) is 24.2 Å². The molecule has 3 heterocycles. The van der Waals surface area contributed by atoms with E-state index in [2.05, 4.69) is 15.3 Å². The molecule has 2 aliphatic rings. The first-order valence-corrected chi connectivity index (χ1v) is 11.5. The van der Waals surface area contributed by atoms with Crippen LogP contribution in [0.15, 0.2) is 42.5 Å². The second-order valence-electron chi connectivity index (χ2n) is 8.83. The Balaban J connectivity index is 1.39. The van der Waals surface area contributed by atoms with Crippen molar-refractivity contribution in [3.8, 4) is 11.4 Å². The molecular formula is C26H24F2N4O3. The van der Waals surface area contributed by atoms with E-state index in [4.69, 9.17) is 0 Å². The molecule has 0 aliphatic carbocycles. The number of nitrogens with zero attached hydrogens (tertiary/aromatic N) is 3. The van der Waals surface area contributed by atoms with E-state index in [0.29, 0.717) is 23.5 Å². The van der Waals surface area contributed by atoms with Crippen LogP contribution in [0.4, 0.5) is 8.78 Å². The van der Waals surface area contributed by atoms with Crippen molar-refractivity contribution in [2.45, 2.75) is 38.3 Å². The smallest absolute Gasteiger partial charge is 0.255 e. The zero-order valence-corrected chi connectivity index (χ0v) is 18.9. The second kappa shape index (κ2) is 9.50. The van der Waals surface area contributed by atoms with E-state index in [1.165, 1.54) is 6.07 Å². The van der Waals surface area contributed by atoms with Crippen molar-refractivity contribution in [2.24, 2.45) is 0 Å². The van der Waals surface area contributed by atoms with Crippen molar-refractivity contribution >= 4 is 11.8 Å². The van der Waals surface area contributed by atoms with Gasteiger partial charge >= 0.3 is 0 Å². The third kappa shape index (κ3) is 4.51. The summed E-state index contributed by atoms with van der Waals surface area (Å²) in [6.07, 6.45) is 2.20. The van der Waals surface area contributed by atoms with Crippen LogP contribution in [0.25, 0.3) is 11.4 Å². The average molecular weight is 478 g/mol. The Bertz CT molecular complexity index is 1280. The Morgan fingerprint density at radius 2 is 1.77 bits per heavy atom. The van der Waals surface area contributed by atoms with Gasteiger partial charge in [0.05, 0.1) is 48.1 Å². The maximum atomic E-state index is 14.4. The topological polar surface area (TPSA) is 95.4 Å². The quantitative estimate of drug-likeness (QED) is 0.568. The van der Waals surface area contributed by atoms with Crippen LogP contribution in [0.2, 0.25) is 0 Å². The highest BCUT2D eigenvalue weighted by Gasteiger charge is 2.29. The molecule has 1 fully saturated rings. The molecule has 0 saturated carbocycles. The number of aromatic nitrogens is 2. The highest BCUT2D eigenvalue weighted by molar-refractivity contribution is 5.99. The zero-order valence-electron chi connectivity index (χ0n) is 18.9. The normalized spacial score (nSPS) is 16.9. The van der Waals surface area contributed by atoms with E-state index >= 15 is 0 Å². The first-order valence-electron chi connectivity index (χ1n) is 11.5. The Labute approximate surface area is 200 Å². The molecule has 1 atom stereocenters. The van der Waals surface area contributed by atoms with Gasteiger partial charge in [0.15, 0.2) is 5.82 Å². The number of rotatable bonds is 6. The van der Waals surface area contributed by atoms with Crippen LogP contribution in [0.3, 0.4) is 0 Å². The Morgan fingerprint density at radius 3 is 2.49 bits per heavy atom. The minimum Gasteiger partial charge on any atom is -0.394 e. The summed E-state index contributed by atoms with van der Waals surface area (Å²) < 4.78 is 28.8. The van der Waals surface area contributed by atoms with Gasteiger partial charge in [-0.15, -0.1) is 0 Å². The minimum atomic E-state index is -0.774. The highest BCUT2D eigenvalue weighted by Crippen LogP contribution is 2.28. The van der Waals surface area contributed by atoms with Crippen molar-refractivity contribution in [3.63, 3.8) is 0 Å². The van der Waals surface area contributed by atoms with Crippen LogP contribution in [0, 0.1) is 11.6 Å². The molecule has 1 saturated heterocycles. The summed E-state index contributed by atoms with van der Waals surface area (Å²) in [6, 6.07) is 10.8. The average Bonchev–Trinajstić information content (AvgIpc) is 3.47. The predicted octanol–water partition coefficient (Wildman–Crippen LogP) is 2.78. The van der Waals surface area contributed by atoms with Crippen molar-refractivity contribution in [3.05, 3.63) is 82.2 Å². The summed E-state index contributed by atoms with van der Waals surface area (Å²) >= 11 is 0. The summed E-state index contributed by atoms with van der Waals surface area (Å²) in [5, 5.41) is 12.2. The standard InChI is InChI=1S/C26H24F2N4O3/c27-18-4-1-5-19(28)23(18)25-30-20(24-21(31-25)13-29-26(24)35)11-15-6-8-16(9-7-15)12-22(34)32-10-2-3-17(32)14-33/h1,4-9,17,33H,2-3,10-14H2,(H,29,35)/t17-/m1/s1. The van der Waals surface area contributed by atoms with Gasteiger partial charge in [0, 0.05) is 13.0 Å². The molecule has 0 radical (unpaired) electrons. The molecule has 9 heteroatoms. The van der Waals surface area contributed by atoms with Gasteiger partial charge in [-0.25, -0.2) is 18.7 Å². The zero-order chi connectivity index (χ0) is 24.5. The van der Waals surface area contributed by atoms with Crippen LogP contribution in [-0.4, -0.2) is 51.0 Å². The Hall–Kier alpha value is -3.72. The molecule has 3 aromatic rings. The van der Waals surface area contributed by atoms with E-state index in [-0.39, 0.29) is 55.2 Å². The number of hydrogen-bond donors (Lipinski definition) is 2. The number of aliphatic hydroxyl groups is 1.